The lowest BCUT2D eigenvalue weighted by Gasteiger charge is -2.33. The number of carbonyl (C=O) groups is 1. The molecule has 0 bridgehead atoms. The largest absolute Gasteiger partial charge is 0.497 e. The van der Waals surface area contributed by atoms with Crippen LogP contribution in [0.15, 0.2) is 36.5 Å². The summed E-state index contributed by atoms with van der Waals surface area (Å²) in [6.07, 6.45) is 1.42. The van der Waals surface area contributed by atoms with Gasteiger partial charge in [0.05, 0.1) is 5.56 Å². The average Bonchev–Trinajstić information content (AvgIpc) is 2.68. The molecule has 1 amide bonds. The molecule has 1 aromatic heterocycles. The molecule has 0 radical (unpaired) electrons. The maximum Gasteiger partial charge on any atom is 0.497 e. The van der Waals surface area contributed by atoms with Crippen LogP contribution in [-0.2, 0) is 9.31 Å². The van der Waals surface area contributed by atoms with Crippen molar-refractivity contribution in [3.05, 3.63) is 42.1 Å². The predicted molar refractivity (Wildman–Crippen MR) is 111 cm³/mol. The van der Waals surface area contributed by atoms with Crippen LogP contribution in [0.1, 0.15) is 24.2 Å². The fourth-order valence-electron chi connectivity index (χ4n) is 2.81. The molecule has 2 aromatic rings. The van der Waals surface area contributed by atoms with Crippen LogP contribution in [0.5, 0.6) is 5.75 Å². The molecule has 160 valence electrons. The monoisotopic (exact) mass is 439 g/mol. The molecular weight excluding hydrogens is 418 g/mol. The standard InChI is InChI=1S/C19H21BClF2N3O4/c1-18(2)10-28-20(29-11-18)15-8-12(9-25-16(15)24-3)17(27)26-13-4-6-14(7-5-13)30-19(21,22)23/h4-9H,10-11H2,1-3H3,(H,24,25)(H,26,27). The van der Waals surface area contributed by atoms with E-state index in [9.17, 15) is 13.6 Å². The lowest BCUT2D eigenvalue weighted by molar-refractivity contribution is -0.0964. The van der Waals surface area contributed by atoms with E-state index in [1.807, 2.05) is 13.8 Å². The van der Waals surface area contributed by atoms with Crippen molar-refractivity contribution in [2.45, 2.75) is 19.4 Å². The zero-order chi connectivity index (χ0) is 21.9. The number of alkyl halides is 3. The van der Waals surface area contributed by atoms with Crippen molar-refractivity contribution in [3.63, 3.8) is 0 Å². The van der Waals surface area contributed by atoms with Gasteiger partial charge in [0.1, 0.15) is 11.6 Å². The fraction of sp³-hybridized carbons (Fsp3) is 0.368. The molecule has 2 heterocycles. The fourth-order valence-corrected chi connectivity index (χ4v) is 2.90. The quantitative estimate of drug-likeness (QED) is 0.531. The van der Waals surface area contributed by atoms with Crippen molar-refractivity contribution in [2.24, 2.45) is 5.41 Å². The molecule has 7 nitrogen and oxygen atoms in total. The van der Waals surface area contributed by atoms with Crippen molar-refractivity contribution in [2.75, 3.05) is 30.9 Å². The second-order valence-corrected chi connectivity index (χ2v) is 8.00. The lowest BCUT2D eigenvalue weighted by Crippen LogP contribution is -2.48. The molecule has 11 heteroatoms. The number of rotatable bonds is 6. The van der Waals surface area contributed by atoms with E-state index in [4.69, 9.17) is 20.9 Å². The van der Waals surface area contributed by atoms with Crippen molar-refractivity contribution in [1.82, 2.24) is 4.98 Å². The minimum atomic E-state index is -3.81. The zero-order valence-electron chi connectivity index (χ0n) is 16.7. The van der Waals surface area contributed by atoms with Crippen LogP contribution < -0.4 is 20.8 Å². The van der Waals surface area contributed by atoms with E-state index in [-0.39, 0.29) is 16.7 Å². The van der Waals surface area contributed by atoms with Gasteiger partial charge in [-0.1, -0.05) is 13.8 Å². The van der Waals surface area contributed by atoms with Gasteiger partial charge in [0, 0.05) is 54.6 Å². The van der Waals surface area contributed by atoms with E-state index >= 15 is 0 Å². The summed E-state index contributed by atoms with van der Waals surface area (Å²) in [7, 11) is 1.07. The first kappa shape index (κ1) is 22.3. The molecule has 1 aliphatic heterocycles. The summed E-state index contributed by atoms with van der Waals surface area (Å²) in [5, 5.41) is 5.64. The zero-order valence-corrected chi connectivity index (χ0v) is 17.4. The third-order valence-corrected chi connectivity index (χ3v) is 4.34. The maximum absolute atomic E-state index is 12.7. The van der Waals surface area contributed by atoms with Crippen LogP contribution in [0.4, 0.5) is 20.3 Å². The first-order chi connectivity index (χ1) is 14.1. The first-order valence-electron chi connectivity index (χ1n) is 9.14. The Hall–Kier alpha value is -2.43. The Morgan fingerprint density at radius 3 is 2.47 bits per heavy atom. The number of hydrogen-bond donors (Lipinski definition) is 2. The number of anilines is 2. The Morgan fingerprint density at radius 2 is 1.90 bits per heavy atom. The van der Waals surface area contributed by atoms with Crippen LogP contribution in [0.3, 0.4) is 0 Å². The van der Waals surface area contributed by atoms with Gasteiger partial charge in [0.15, 0.2) is 0 Å². The SMILES string of the molecule is CNc1ncc(C(=O)Nc2ccc(OC(F)(F)Cl)cc2)cc1B1OCC(C)(C)CO1. The lowest BCUT2D eigenvalue weighted by atomic mass is 9.75. The smallest absolute Gasteiger partial charge is 0.420 e. The normalized spacial score (nSPS) is 16.1. The average molecular weight is 440 g/mol. The minimum absolute atomic E-state index is 0.0952. The number of hydrogen-bond acceptors (Lipinski definition) is 6. The van der Waals surface area contributed by atoms with Gasteiger partial charge in [-0.25, -0.2) is 4.98 Å². The molecule has 3 rings (SSSR count). The van der Waals surface area contributed by atoms with E-state index in [0.29, 0.717) is 30.2 Å². The van der Waals surface area contributed by atoms with Gasteiger partial charge in [-0.05, 0) is 30.3 Å². The van der Waals surface area contributed by atoms with E-state index in [1.165, 1.54) is 30.5 Å². The van der Waals surface area contributed by atoms with Gasteiger partial charge in [-0.3, -0.25) is 4.79 Å². The van der Waals surface area contributed by atoms with Crippen LogP contribution in [0, 0.1) is 5.41 Å². The van der Waals surface area contributed by atoms with Gasteiger partial charge in [-0.2, -0.15) is 0 Å². The van der Waals surface area contributed by atoms with Gasteiger partial charge < -0.3 is 24.7 Å². The van der Waals surface area contributed by atoms with Crippen LogP contribution in [0.25, 0.3) is 0 Å². The molecule has 0 aliphatic carbocycles. The molecule has 2 N–H and O–H groups in total. The second kappa shape index (κ2) is 8.75. The number of ether oxygens (including phenoxy) is 1. The van der Waals surface area contributed by atoms with Crippen LogP contribution in [0.2, 0.25) is 0 Å². The summed E-state index contributed by atoms with van der Waals surface area (Å²) < 4.78 is 41.2. The first-order valence-corrected chi connectivity index (χ1v) is 9.52. The number of carbonyl (C=O) groups excluding carboxylic acids is 1. The number of amides is 1. The highest BCUT2D eigenvalue weighted by atomic mass is 35.5. The summed E-state index contributed by atoms with van der Waals surface area (Å²) in [5.41, 5.74) is -2.62. The van der Waals surface area contributed by atoms with Crippen LogP contribution in [-0.4, -0.2) is 43.8 Å². The Bertz CT molecular complexity index is 900. The highest BCUT2D eigenvalue weighted by molar-refractivity contribution is 6.63. The Kier molecular flexibility index (Phi) is 6.49. The number of aromatic nitrogens is 1. The highest BCUT2D eigenvalue weighted by Crippen LogP contribution is 2.26. The number of benzene rings is 1. The molecule has 0 saturated carbocycles. The highest BCUT2D eigenvalue weighted by Gasteiger charge is 2.35. The summed E-state index contributed by atoms with van der Waals surface area (Å²) in [5.74, 6) is -0.0245. The Morgan fingerprint density at radius 1 is 1.27 bits per heavy atom. The van der Waals surface area contributed by atoms with E-state index in [1.54, 1.807) is 13.1 Å². The number of pyridine rings is 1. The summed E-state index contributed by atoms with van der Waals surface area (Å²) >= 11 is 4.73. The minimum Gasteiger partial charge on any atom is -0.420 e. The van der Waals surface area contributed by atoms with E-state index in [0.717, 1.165) is 0 Å². The number of nitrogens with zero attached hydrogens (tertiary/aromatic N) is 1. The van der Waals surface area contributed by atoms with E-state index < -0.39 is 18.6 Å². The van der Waals surface area contributed by atoms with Crippen molar-refractivity contribution in [3.8, 4) is 5.75 Å². The number of halogens is 3. The molecule has 1 aliphatic rings. The molecular formula is C19H21BClF2N3O4. The topological polar surface area (TPSA) is 81.7 Å². The predicted octanol–water partition coefficient (Wildman–Crippen LogP) is 3.31. The summed E-state index contributed by atoms with van der Waals surface area (Å²) in [6.45, 7) is 5.09. The summed E-state index contributed by atoms with van der Waals surface area (Å²) in [4.78, 5) is 16.9. The van der Waals surface area contributed by atoms with E-state index in [2.05, 4.69) is 20.4 Å². The van der Waals surface area contributed by atoms with Gasteiger partial charge in [-0.15, -0.1) is 8.78 Å². The van der Waals surface area contributed by atoms with Gasteiger partial charge in [0.25, 0.3) is 5.91 Å². The molecule has 1 saturated heterocycles. The van der Waals surface area contributed by atoms with Crippen molar-refractivity contribution >= 4 is 41.6 Å². The van der Waals surface area contributed by atoms with Crippen molar-refractivity contribution in [1.29, 1.82) is 0 Å². The van der Waals surface area contributed by atoms with Crippen LogP contribution >= 0.6 is 11.6 Å². The third kappa shape index (κ3) is 5.81. The molecule has 1 fully saturated rings. The third-order valence-electron chi connectivity index (χ3n) is 4.27. The molecule has 0 atom stereocenters. The number of nitrogens with one attached hydrogen (secondary N) is 2. The summed E-state index contributed by atoms with van der Waals surface area (Å²) in [6, 6.07) is 7.02. The Labute approximate surface area is 178 Å². The maximum atomic E-state index is 12.7. The molecule has 30 heavy (non-hydrogen) atoms. The molecule has 0 unspecified atom stereocenters. The molecule has 1 aromatic carbocycles. The van der Waals surface area contributed by atoms with Gasteiger partial charge in [0.2, 0.25) is 0 Å². The Balaban J connectivity index is 1.73. The second-order valence-electron chi connectivity index (χ2n) is 7.56. The molecule has 0 spiro atoms. The van der Waals surface area contributed by atoms with Crippen molar-refractivity contribution < 1.29 is 27.6 Å². The van der Waals surface area contributed by atoms with Gasteiger partial charge >= 0.3 is 12.7 Å².